The van der Waals surface area contributed by atoms with Crippen molar-refractivity contribution < 1.29 is 14.3 Å². The van der Waals surface area contributed by atoms with Crippen LogP contribution in [0.2, 0.25) is 0 Å². The van der Waals surface area contributed by atoms with E-state index in [0.717, 1.165) is 22.4 Å². The highest BCUT2D eigenvalue weighted by Crippen LogP contribution is 2.41. The van der Waals surface area contributed by atoms with Crippen molar-refractivity contribution >= 4 is 23.2 Å². The monoisotopic (exact) mass is 352 g/mol. The third-order valence-corrected chi connectivity index (χ3v) is 4.94. The third kappa shape index (κ3) is 3.72. The number of ether oxygens (including phenoxy) is 1. The molecule has 2 N–H and O–H groups in total. The van der Waals surface area contributed by atoms with Gasteiger partial charge in [0.15, 0.2) is 0 Å². The molecular weight excluding hydrogens is 328 g/mol. The number of carbonyl (C=O) groups excluding carboxylic acids is 2. The number of methoxy groups -OCH3 is 1. The SMILES string of the molecule is COc1ccc(C)cc1NC(=O)C1CC1C(=O)Nc1cccc(C)c1C. The van der Waals surface area contributed by atoms with Crippen LogP contribution in [0, 0.1) is 32.6 Å². The smallest absolute Gasteiger partial charge is 0.228 e. The Bertz CT molecular complexity index is 860. The molecule has 136 valence electrons. The van der Waals surface area contributed by atoms with E-state index in [1.165, 1.54) is 0 Å². The zero-order valence-corrected chi connectivity index (χ0v) is 15.6. The van der Waals surface area contributed by atoms with E-state index in [9.17, 15) is 9.59 Å². The topological polar surface area (TPSA) is 67.4 Å². The highest BCUT2D eigenvalue weighted by molar-refractivity contribution is 6.04. The molecule has 2 atom stereocenters. The molecular formula is C21H24N2O3. The van der Waals surface area contributed by atoms with Crippen molar-refractivity contribution in [3.8, 4) is 5.75 Å². The summed E-state index contributed by atoms with van der Waals surface area (Å²) in [7, 11) is 1.57. The molecule has 2 amide bonds. The van der Waals surface area contributed by atoms with Gasteiger partial charge in [0.05, 0.1) is 24.6 Å². The summed E-state index contributed by atoms with van der Waals surface area (Å²) in [6.45, 7) is 5.94. The quantitative estimate of drug-likeness (QED) is 0.859. The molecule has 1 saturated carbocycles. The number of carbonyl (C=O) groups is 2. The number of anilines is 2. The standard InChI is InChI=1S/C21H24N2O3/c1-12-8-9-19(26-4)18(10-12)23-21(25)16-11-15(16)20(24)22-17-7-5-6-13(2)14(17)3/h5-10,15-16H,11H2,1-4H3,(H,22,24)(H,23,25). The van der Waals surface area contributed by atoms with E-state index in [4.69, 9.17) is 4.74 Å². The molecule has 1 aliphatic carbocycles. The molecule has 0 aliphatic heterocycles. The molecule has 2 unspecified atom stereocenters. The van der Waals surface area contributed by atoms with Crippen molar-refractivity contribution in [2.75, 3.05) is 17.7 Å². The summed E-state index contributed by atoms with van der Waals surface area (Å²) in [5, 5.41) is 5.84. The van der Waals surface area contributed by atoms with Gasteiger partial charge in [0.25, 0.3) is 0 Å². The molecule has 2 aromatic rings. The Kier molecular flexibility index (Phi) is 4.98. The van der Waals surface area contributed by atoms with E-state index in [2.05, 4.69) is 10.6 Å². The molecule has 0 spiro atoms. The van der Waals surface area contributed by atoms with E-state index in [0.29, 0.717) is 17.9 Å². The normalized spacial score (nSPS) is 18.2. The molecule has 0 heterocycles. The zero-order chi connectivity index (χ0) is 18.8. The van der Waals surface area contributed by atoms with Gasteiger partial charge in [-0.15, -0.1) is 0 Å². The van der Waals surface area contributed by atoms with Crippen molar-refractivity contribution in [3.63, 3.8) is 0 Å². The molecule has 2 aromatic carbocycles. The lowest BCUT2D eigenvalue weighted by Crippen LogP contribution is -2.21. The lowest BCUT2D eigenvalue weighted by molar-refractivity contribution is -0.122. The predicted molar refractivity (Wildman–Crippen MR) is 103 cm³/mol. The van der Waals surface area contributed by atoms with E-state index < -0.39 is 0 Å². The van der Waals surface area contributed by atoms with E-state index >= 15 is 0 Å². The van der Waals surface area contributed by atoms with E-state index in [1.54, 1.807) is 7.11 Å². The number of benzene rings is 2. The Hall–Kier alpha value is -2.82. The van der Waals surface area contributed by atoms with Gasteiger partial charge in [-0.05, 0) is 62.1 Å². The first kappa shape index (κ1) is 18.0. The van der Waals surface area contributed by atoms with Crippen LogP contribution in [-0.2, 0) is 9.59 Å². The van der Waals surface area contributed by atoms with Gasteiger partial charge in [-0.3, -0.25) is 9.59 Å². The summed E-state index contributed by atoms with van der Waals surface area (Å²) in [6, 6.07) is 11.4. The van der Waals surface area contributed by atoms with Crippen LogP contribution in [-0.4, -0.2) is 18.9 Å². The van der Waals surface area contributed by atoms with Gasteiger partial charge in [0.1, 0.15) is 5.75 Å². The number of hydrogen-bond donors (Lipinski definition) is 2. The summed E-state index contributed by atoms with van der Waals surface area (Å²) in [5.74, 6) is -0.220. The molecule has 26 heavy (non-hydrogen) atoms. The summed E-state index contributed by atoms with van der Waals surface area (Å²) in [4.78, 5) is 25.0. The molecule has 5 heteroatoms. The molecule has 0 radical (unpaired) electrons. The van der Waals surface area contributed by atoms with Crippen LogP contribution in [0.4, 0.5) is 11.4 Å². The van der Waals surface area contributed by atoms with Crippen LogP contribution in [0.25, 0.3) is 0 Å². The lowest BCUT2D eigenvalue weighted by atomic mass is 10.1. The Morgan fingerprint density at radius 1 is 0.962 bits per heavy atom. The van der Waals surface area contributed by atoms with Gasteiger partial charge >= 0.3 is 0 Å². The second kappa shape index (κ2) is 7.20. The maximum atomic E-state index is 12.5. The van der Waals surface area contributed by atoms with Gasteiger partial charge in [-0.1, -0.05) is 18.2 Å². The van der Waals surface area contributed by atoms with Crippen LogP contribution in [0.15, 0.2) is 36.4 Å². The number of amides is 2. The number of aryl methyl sites for hydroxylation is 2. The van der Waals surface area contributed by atoms with Gasteiger partial charge in [-0.25, -0.2) is 0 Å². The van der Waals surface area contributed by atoms with Gasteiger partial charge in [-0.2, -0.15) is 0 Å². The molecule has 1 aliphatic rings. The Balaban J connectivity index is 1.63. The maximum Gasteiger partial charge on any atom is 0.228 e. The fraction of sp³-hybridized carbons (Fsp3) is 0.333. The fourth-order valence-corrected chi connectivity index (χ4v) is 3.03. The molecule has 5 nitrogen and oxygen atoms in total. The summed E-state index contributed by atoms with van der Waals surface area (Å²) >= 11 is 0. The van der Waals surface area contributed by atoms with Crippen molar-refractivity contribution in [1.82, 2.24) is 0 Å². The van der Waals surface area contributed by atoms with Crippen molar-refractivity contribution in [2.24, 2.45) is 11.8 Å². The molecule has 0 aromatic heterocycles. The first-order valence-corrected chi connectivity index (χ1v) is 8.73. The van der Waals surface area contributed by atoms with E-state index in [1.807, 2.05) is 57.2 Å². The van der Waals surface area contributed by atoms with Crippen LogP contribution in [0.1, 0.15) is 23.1 Å². The number of rotatable bonds is 5. The molecule has 3 rings (SSSR count). The molecule has 1 fully saturated rings. The second-order valence-corrected chi connectivity index (χ2v) is 6.88. The van der Waals surface area contributed by atoms with Crippen molar-refractivity contribution in [1.29, 1.82) is 0 Å². The molecule has 0 saturated heterocycles. The average Bonchev–Trinajstić information content (AvgIpc) is 3.40. The van der Waals surface area contributed by atoms with E-state index in [-0.39, 0.29) is 23.7 Å². The van der Waals surface area contributed by atoms with Crippen molar-refractivity contribution in [2.45, 2.75) is 27.2 Å². The first-order valence-electron chi connectivity index (χ1n) is 8.73. The Morgan fingerprint density at radius 3 is 2.27 bits per heavy atom. The Labute approximate surface area is 153 Å². The summed E-state index contributed by atoms with van der Waals surface area (Å²) in [6.07, 6.45) is 0.566. The van der Waals surface area contributed by atoms with Gasteiger partial charge in [0, 0.05) is 5.69 Å². The second-order valence-electron chi connectivity index (χ2n) is 6.88. The minimum atomic E-state index is -0.301. The highest BCUT2D eigenvalue weighted by atomic mass is 16.5. The Morgan fingerprint density at radius 2 is 1.62 bits per heavy atom. The van der Waals surface area contributed by atoms with Crippen molar-refractivity contribution in [3.05, 3.63) is 53.1 Å². The zero-order valence-electron chi connectivity index (χ0n) is 15.6. The largest absolute Gasteiger partial charge is 0.495 e. The molecule has 0 bridgehead atoms. The number of hydrogen-bond acceptors (Lipinski definition) is 3. The maximum absolute atomic E-state index is 12.5. The third-order valence-electron chi connectivity index (χ3n) is 4.94. The average molecular weight is 352 g/mol. The van der Waals surface area contributed by atoms with Crippen LogP contribution in [0.5, 0.6) is 5.75 Å². The van der Waals surface area contributed by atoms with Crippen LogP contribution in [0.3, 0.4) is 0 Å². The minimum absolute atomic E-state index is 0.102. The number of nitrogens with one attached hydrogen (secondary N) is 2. The van der Waals surface area contributed by atoms with Gasteiger partial charge in [0.2, 0.25) is 11.8 Å². The highest BCUT2D eigenvalue weighted by Gasteiger charge is 2.48. The summed E-state index contributed by atoms with van der Waals surface area (Å²) < 4.78 is 5.29. The lowest BCUT2D eigenvalue weighted by Gasteiger charge is -2.12. The fourth-order valence-electron chi connectivity index (χ4n) is 3.03. The summed E-state index contributed by atoms with van der Waals surface area (Å²) in [5.41, 5.74) is 4.65. The first-order chi connectivity index (χ1) is 12.4. The predicted octanol–water partition coefficient (Wildman–Crippen LogP) is 3.83. The van der Waals surface area contributed by atoms with Gasteiger partial charge < -0.3 is 15.4 Å². The minimum Gasteiger partial charge on any atom is -0.495 e. The van der Waals surface area contributed by atoms with Crippen LogP contribution >= 0.6 is 0 Å². The van der Waals surface area contributed by atoms with Crippen LogP contribution < -0.4 is 15.4 Å².